The van der Waals surface area contributed by atoms with Crippen molar-refractivity contribution in [1.29, 1.82) is 10.5 Å². The van der Waals surface area contributed by atoms with Crippen LogP contribution >= 0.6 is 0 Å². The molecule has 0 fully saturated rings. The molecule has 0 amide bonds. The Hall–Kier alpha value is -3.05. The van der Waals surface area contributed by atoms with Crippen LogP contribution in [0.2, 0.25) is 0 Å². The number of nitriles is 2. The molecule has 5 heteroatoms. The number of ether oxygens (including phenoxy) is 1. The number of rotatable bonds is 3. The standard InChI is InChI=1S/C22H23N3O2/c1-3-27-21(26)22(13-24)19(15-7-5-4-6-8-15)16-10-9-14(2)11-17(16)18(12-23)20(22)25/h4-8,14,19H,3,9-11,25H2,1-2H3/t14-,19-,22+/m1/s1. The van der Waals surface area contributed by atoms with Crippen LogP contribution in [-0.4, -0.2) is 12.6 Å². The first kappa shape index (κ1) is 18.7. The first-order valence-electron chi connectivity index (χ1n) is 9.27. The lowest BCUT2D eigenvalue weighted by molar-refractivity contribution is -0.151. The van der Waals surface area contributed by atoms with Crippen LogP contribution in [0.3, 0.4) is 0 Å². The minimum absolute atomic E-state index is 0.0210. The number of carbonyl (C=O) groups is 1. The topological polar surface area (TPSA) is 99.9 Å². The number of hydrogen-bond acceptors (Lipinski definition) is 5. The van der Waals surface area contributed by atoms with E-state index in [1.54, 1.807) is 6.92 Å². The summed E-state index contributed by atoms with van der Waals surface area (Å²) >= 11 is 0. The molecular formula is C22H23N3O2. The van der Waals surface area contributed by atoms with Gasteiger partial charge in [0.25, 0.3) is 0 Å². The molecule has 0 unspecified atom stereocenters. The Bertz CT molecular complexity index is 902. The summed E-state index contributed by atoms with van der Waals surface area (Å²) in [5, 5.41) is 20.0. The highest BCUT2D eigenvalue weighted by Crippen LogP contribution is 2.55. The molecule has 2 aliphatic carbocycles. The normalized spacial score (nSPS) is 27.4. The molecule has 1 aromatic rings. The second-order valence-electron chi connectivity index (χ2n) is 7.24. The van der Waals surface area contributed by atoms with Gasteiger partial charge in [0.1, 0.15) is 6.07 Å². The van der Waals surface area contributed by atoms with Gasteiger partial charge in [0.15, 0.2) is 0 Å². The van der Waals surface area contributed by atoms with Gasteiger partial charge in [0.05, 0.1) is 23.9 Å². The summed E-state index contributed by atoms with van der Waals surface area (Å²) in [5.74, 6) is -0.798. The largest absolute Gasteiger partial charge is 0.464 e. The maximum atomic E-state index is 13.1. The molecule has 0 saturated heterocycles. The van der Waals surface area contributed by atoms with Crippen LogP contribution in [0.4, 0.5) is 0 Å². The lowest BCUT2D eigenvalue weighted by atomic mass is 9.59. The Kier molecular flexibility index (Phi) is 5.06. The minimum atomic E-state index is -1.72. The number of esters is 1. The molecule has 27 heavy (non-hydrogen) atoms. The summed E-state index contributed by atoms with van der Waals surface area (Å²) in [6.07, 6.45) is 2.41. The molecule has 0 aromatic heterocycles. The van der Waals surface area contributed by atoms with E-state index in [4.69, 9.17) is 10.5 Å². The average molecular weight is 361 g/mol. The predicted molar refractivity (Wildman–Crippen MR) is 101 cm³/mol. The molecule has 1 aromatic carbocycles. The lowest BCUT2D eigenvalue weighted by Gasteiger charge is -2.42. The summed E-state index contributed by atoms with van der Waals surface area (Å²) in [5.41, 5.74) is 7.68. The van der Waals surface area contributed by atoms with Crippen LogP contribution in [-0.2, 0) is 9.53 Å². The fraction of sp³-hybridized carbons (Fsp3) is 0.409. The summed E-state index contributed by atoms with van der Waals surface area (Å²) in [7, 11) is 0. The molecule has 3 rings (SSSR count). The van der Waals surface area contributed by atoms with E-state index < -0.39 is 17.3 Å². The Labute approximate surface area is 159 Å². The van der Waals surface area contributed by atoms with Gasteiger partial charge in [-0.15, -0.1) is 0 Å². The highest BCUT2D eigenvalue weighted by molar-refractivity contribution is 5.88. The van der Waals surface area contributed by atoms with Gasteiger partial charge in [0, 0.05) is 5.92 Å². The Morgan fingerprint density at radius 3 is 2.63 bits per heavy atom. The van der Waals surface area contributed by atoms with Gasteiger partial charge in [-0.2, -0.15) is 10.5 Å². The highest BCUT2D eigenvalue weighted by Gasteiger charge is 2.56. The van der Waals surface area contributed by atoms with Crippen molar-refractivity contribution in [3.8, 4) is 12.1 Å². The molecule has 138 valence electrons. The van der Waals surface area contributed by atoms with Crippen LogP contribution < -0.4 is 5.73 Å². The van der Waals surface area contributed by atoms with Gasteiger partial charge >= 0.3 is 5.97 Å². The van der Waals surface area contributed by atoms with Crippen molar-refractivity contribution in [2.75, 3.05) is 6.61 Å². The number of benzene rings is 1. The molecule has 0 spiro atoms. The summed E-state index contributed by atoms with van der Waals surface area (Å²) in [4.78, 5) is 13.1. The maximum absolute atomic E-state index is 13.1. The molecule has 0 bridgehead atoms. The molecule has 0 heterocycles. The number of carbonyl (C=O) groups excluding carboxylic acids is 1. The van der Waals surface area contributed by atoms with Crippen molar-refractivity contribution >= 4 is 5.97 Å². The van der Waals surface area contributed by atoms with Crippen molar-refractivity contribution in [3.05, 3.63) is 58.3 Å². The number of nitrogens with two attached hydrogens (primary N) is 1. The van der Waals surface area contributed by atoms with Crippen LogP contribution in [0, 0.1) is 34.0 Å². The van der Waals surface area contributed by atoms with Gasteiger partial charge in [-0.3, -0.25) is 0 Å². The Balaban J connectivity index is 2.34. The number of allylic oxidation sites excluding steroid dienone is 3. The van der Waals surface area contributed by atoms with E-state index in [9.17, 15) is 15.3 Å². The molecule has 5 nitrogen and oxygen atoms in total. The molecule has 3 atom stereocenters. The maximum Gasteiger partial charge on any atom is 0.333 e. The fourth-order valence-corrected chi connectivity index (χ4v) is 4.36. The zero-order valence-electron chi connectivity index (χ0n) is 15.7. The third-order valence-electron chi connectivity index (χ3n) is 5.64. The summed E-state index contributed by atoms with van der Waals surface area (Å²) in [6, 6.07) is 13.8. The second kappa shape index (κ2) is 7.29. The van der Waals surface area contributed by atoms with E-state index in [1.165, 1.54) is 0 Å². The smallest absolute Gasteiger partial charge is 0.333 e. The first-order valence-corrected chi connectivity index (χ1v) is 9.27. The van der Waals surface area contributed by atoms with Crippen LogP contribution in [0.5, 0.6) is 0 Å². The molecule has 0 aliphatic heterocycles. The van der Waals surface area contributed by atoms with Crippen molar-refractivity contribution in [3.63, 3.8) is 0 Å². The highest BCUT2D eigenvalue weighted by atomic mass is 16.5. The van der Waals surface area contributed by atoms with Crippen molar-refractivity contribution in [2.45, 2.75) is 39.0 Å². The quantitative estimate of drug-likeness (QED) is 0.827. The minimum Gasteiger partial charge on any atom is -0.464 e. The molecule has 2 aliphatic rings. The van der Waals surface area contributed by atoms with Crippen LogP contribution in [0.1, 0.15) is 44.6 Å². The molecule has 0 saturated carbocycles. The van der Waals surface area contributed by atoms with Gasteiger partial charge in [-0.05, 0) is 43.2 Å². The van der Waals surface area contributed by atoms with Gasteiger partial charge in [-0.25, -0.2) is 4.79 Å². The van der Waals surface area contributed by atoms with Gasteiger partial charge in [-0.1, -0.05) is 42.8 Å². The van der Waals surface area contributed by atoms with E-state index in [2.05, 4.69) is 19.1 Å². The van der Waals surface area contributed by atoms with E-state index >= 15 is 0 Å². The van der Waals surface area contributed by atoms with E-state index in [-0.39, 0.29) is 17.9 Å². The third kappa shape index (κ3) is 2.80. The molecule has 2 N–H and O–H groups in total. The van der Waals surface area contributed by atoms with Gasteiger partial charge < -0.3 is 10.5 Å². The first-order chi connectivity index (χ1) is 13.0. The average Bonchev–Trinajstić information content (AvgIpc) is 2.68. The second-order valence-corrected chi connectivity index (χ2v) is 7.24. The zero-order chi connectivity index (χ0) is 19.6. The SMILES string of the molecule is CCOC(=O)[C@]1(C#N)C(N)=C(C#N)C2=C(CC[C@@H](C)C2)[C@H]1c1ccccc1. The fourth-order valence-electron chi connectivity index (χ4n) is 4.36. The van der Waals surface area contributed by atoms with E-state index in [1.807, 2.05) is 30.3 Å². The monoisotopic (exact) mass is 361 g/mol. The molecule has 0 radical (unpaired) electrons. The lowest BCUT2D eigenvalue weighted by Crippen LogP contribution is -2.46. The molecular weight excluding hydrogens is 338 g/mol. The van der Waals surface area contributed by atoms with Crippen molar-refractivity contribution in [2.24, 2.45) is 17.1 Å². The van der Waals surface area contributed by atoms with E-state index in [0.717, 1.165) is 36.0 Å². The number of nitrogens with zero attached hydrogens (tertiary/aromatic N) is 2. The zero-order valence-corrected chi connectivity index (χ0v) is 15.7. The van der Waals surface area contributed by atoms with Crippen molar-refractivity contribution < 1.29 is 9.53 Å². The summed E-state index contributed by atoms with van der Waals surface area (Å²) in [6.45, 7) is 3.98. The van der Waals surface area contributed by atoms with Crippen LogP contribution in [0.15, 0.2) is 52.7 Å². The summed E-state index contributed by atoms with van der Waals surface area (Å²) < 4.78 is 5.28. The Morgan fingerprint density at radius 1 is 1.33 bits per heavy atom. The van der Waals surface area contributed by atoms with Gasteiger partial charge in [0.2, 0.25) is 5.41 Å². The van der Waals surface area contributed by atoms with E-state index in [0.29, 0.717) is 5.92 Å². The third-order valence-corrected chi connectivity index (χ3v) is 5.64. The number of hydrogen-bond donors (Lipinski definition) is 1. The van der Waals surface area contributed by atoms with Crippen molar-refractivity contribution in [1.82, 2.24) is 0 Å². The predicted octanol–water partition coefficient (Wildman–Crippen LogP) is 3.71. The Morgan fingerprint density at radius 2 is 2.04 bits per heavy atom. The van der Waals surface area contributed by atoms with Crippen LogP contribution in [0.25, 0.3) is 0 Å².